The Morgan fingerprint density at radius 2 is 2.20 bits per heavy atom. The quantitative estimate of drug-likeness (QED) is 0.797. The summed E-state index contributed by atoms with van der Waals surface area (Å²) < 4.78 is 5.03. The fraction of sp³-hybridized carbons (Fsp3) is 0.300. The lowest BCUT2D eigenvalue weighted by molar-refractivity contribution is -0.0568. The summed E-state index contributed by atoms with van der Waals surface area (Å²) in [5, 5.41) is 9.14. The highest BCUT2D eigenvalue weighted by Gasteiger charge is 2.37. The van der Waals surface area contributed by atoms with Crippen LogP contribution in [0.3, 0.4) is 0 Å². The van der Waals surface area contributed by atoms with Gasteiger partial charge in [-0.15, -0.1) is 0 Å². The van der Waals surface area contributed by atoms with Crippen molar-refractivity contribution in [3.05, 3.63) is 34.3 Å². The minimum Gasteiger partial charge on any atom is -0.478 e. The second-order valence-electron chi connectivity index (χ2n) is 3.65. The third-order valence-corrected chi connectivity index (χ3v) is 2.78. The van der Waals surface area contributed by atoms with Gasteiger partial charge in [0.15, 0.2) is 0 Å². The highest BCUT2D eigenvalue weighted by Crippen LogP contribution is 2.32. The van der Waals surface area contributed by atoms with Gasteiger partial charge in [-0.1, -0.05) is 17.7 Å². The summed E-state index contributed by atoms with van der Waals surface area (Å²) in [5.41, 5.74) is 6.33. The molecule has 1 heterocycles. The van der Waals surface area contributed by atoms with Crippen LogP contribution < -0.4 is 5.73 Å². The zero-order valence-corrected chi connectivity index (χ0v) is 8.62. The van der Waals surface area contributed by atoms with Gasteiger partial charge in [0, 0.05) is 5.02 Å². The van der Waals surface area contributed by atoms with Crippen LogP contribution in [0.5, 0.6) is 0 Å². The average Bonchev–Trinajstić information content (AvgIpc) is 2.14. The van der Waals surface area contributed by atoms with Gasteiger partial charge in [-0.25, -0.2) is 4.79 Å². The Labute approximate surface area is 91.6 Å². The van der Waals surface area contributed by atoms with Crippen molar-refractivity contribution < 1.29 is 14.6 Å². The minimum absolute atomic E-state index is 0.160. The van der Waals surface area contributed by atoms with E-state index >= 15 is 0 Å². The Morgan fingerprint density at radius 3 is 2.60 bits per heavy atom. The van der Waals surface area contributed by atoms with Gasteiger partial charge in [-0.2, -0.15) is 0 Å². The van der Waals surface area contributed by atoms with E-state index in [9.17, 15) is 4.79 Å². The third kappa shape index (κ3) is 1.71. The van der Waals surface area contributed by atoms with E-state index in [1.54, 1.807) is 6.07 Å². The first-order valence-corrected chi connectivity index (χ1v) is 4.81. The maximum absolute atomic E-state index is 10.7. The molecule has 0 spiro atoms. The molecule has 1 aliphatic heterocycles. The van der Waals surface area contributed by atoms with Crippen molar-refractivity contribution >= 4 is 17.6 Å². The van der Waals surface area contributed by atoms with Crippen molar-refractivity contribution in [2.24, 2.45) is 5.73 Å². The molecular weight excluding hydrogens is 218 g/mol. The van der Waals surface area contributed by atoms with Crippen molar-refractivity contribution in [2.75, 3.05) is 13.2 Å². The molecule has 0 aliphatic carbocycles. The predicted molar refractivity (Wildman–Crippen MR) is 55.1 cm³/mol. The van der Waals surface area contributed by atoms with Crippen LogP contribution in [0.4, 0.5) is 0 Å². The van der Waals surface area contributed by atoms with E-state index in [2.05, 4.69) is 0 Å². The molecule has 0 atom stereocenters. The molecule has 3 N–H and O–H groups in total. The van der Waals surface area contributed by atoms with Crippen molar-refractivity contribution in [3.63, 3.8) is 0 Å². The molecule has 15 heavy (non-hydrogen) atoms. The molecule has 0 saturated carbocycles. The van der Waals surface area contributed by atoms with Crippen molar-refractivity contribution in [1.82, 2.24) is 0 Å². The van der Waals surface area contributed by atoms with Crippen LogP contribution in [0, 0.1) is 0 Å². The van der Waals surface area contributed by atoms with Gasteiger partial charge in [0.2, 0.25) is 0 Å². The number of hydrogen-bond acceptors (Lipinski definition) is 3. The topological polar surface area (TPSA) is 72.6 Å². The molecule has 0 radical (unpaired) electrons. The molecular formula is C10H10ClNO3. The number of carboxylic acids is 1. The number of aromatic carboxylic acids is 1. The number of halogens is 1. The van der Waals surface area contributed by atoms with Crippen LogP contribution in [0.1, 0.15) is 15.9 Å². The maximum Gasteiger partial charge on any atom is 0.335 e. The standard InChI is InChI=1S/C10H10ClNO3/c11-8-3-6(9(13)14)1-2-7(8)10(12)4-15-5-10/h1-3H,4-5,12H2,(H,13,14). The van der Waals surface area contributed by atoms with Crippen LogP contribution in [0.25, 0.3) is 0 Å². The number of nitrogens with two attached hydrogens (primary N) is 1. The maximum atomic E-state index is 10.7. The van der Waals surface area contributed by atoms with Crippen molar-refractivity contribution in [1.29, 1.82) is 0 Å². The smallest absolute Gasteiger partial charge is 0.335 e. The fourth-order valence-corrected chi connectivity index (χ4v) is 1.90. The Hall–Kier alpha value is -1.10. The molecule has 1 aliphatic rings. The fourth-order valence-electron chi connectivity index (χ4n) is 1.53. The lowest BCUT2D eigenvalue weighted by atomic mass is 9.88. The van der Waals surface area contributed by atoms with Gasteiger partial charge < -0.3 is 15.6 Å². The summed E-state index contributed by atoms with van der Waals surface area (Å²) in [7, 11) is 0. The van der Waals surface area contributed by atoms with Crippen LogP contribution in [-0.2, 0) is 10.3 Å². The van der Waals surface area contributed by atoms with Crippen LogP contribution in [-0.4, -0.2) is 24.3 Å². The van der Waals surface area contributed by atoms with Crippen LogP contribution in [0.15, 0.2) is 18.2 Å². The molecule has 0 bridgehead atoms. The first kappa shape index (κ1) is 10.4. The van der Waals surface area contributed by atoms with Crippen molar-refractivity contribution in [2.45, 2.75) is 5.54 Å². The van der Waals surface area contributed by atoms with E-state index in [-0.39, 0.29) is 5.56 Å². The van der Waals surface area contributed by atoms with E-state index < -0.39 is 11.5 Å². The number of benzene rings is 1. The zero-order valence-electron chi connectivity index (χ0n) is 7.87. The monoisotopic (exact) mass is 227 g/mol. The van der Waals surface area contributed by atoms with Gasteiger partial charge in [0.1, 0.15) is 0 Å². The summed E-state index contributed by atoms with van der Waals surface area (Å²) in [4.78, 5) is 10.7. The van der Waals surface area contributed by atoms with E-state index in [0.29, 0.717) is 18.2 Å². The van der Waals surface area contributed by atoms with Gasteiger partial charge in [-0.05, 0) is 17.7 Å². The number of rotatable bonds is 2. The Morgan fingerprint density at radius 1 is 1.53 bits per heavy atom. The highest BCUT2D eigenvalue weighted by atomic mass is 35.5. The number of ether oxygens (including phenoxy) is 1. The Kier molecular flexibility index (Phi) is 2.42. The lowest BCUT2D eigenvalue weighted by Crippen LogP contribution is -2.54. The largest absolute Gasteiger partial charge is 0.478 e. The highest BCUT2D eigenvalue weighted by molar-refractivity contribution is 6.31. The first-order valence-electron chi connectivity index (χ1n) is 4.43. The van der Waals surface area contributed by atoms with Crippen molar-refractivity contribution in [3.8, 4) is 0 Å². The van der Waals surface area contributed by atoms with Gasteiger partial charge in [-0.3, -0.25) is 0 Å². The molecule has 1 aromatic carbocycles. The molecule has 1 saturated heterocycles. The van der Waals surface area contributed by atoms with E-state index in [1.807, 2.05) is 0 Å². The Balaban J connectivity index is 2.38. The van der Waals surface area contributed by atoms with E-state index in [0.717, 1.165) is 5.56 Å². The molecule has 2 rings (SSSR count). The minimum atomic E-state index is -1.00. The van der Waals surface area contributed by atoms with E-state index in [4.69, 9.17) is 27.2 Å². The van der Waals surface area contributed by atoms with E-state index in [1.165, 1.54) is 12.1 Å². The number of carbonyl (C=O) groups is 1. The second kappa shape index (κ2) is 3.48. The summed E-state index contributed by atoms with van der Waals surface area (Å²) >= 11 is 5.97. The third-order valence-electron chi connectivity index (χ3n) is 2.47. The lowest BCUT2D eigenvalue weighted by Gasteiger charge is -2.38. The molecule has 0 aromatic heterocycles. The van der Waals surface area contributed by atoms with Crippen LogP contribution in [0.2, 0.25) is 5.02 Å². The van der Waals surface area contributed by atoms with Gasteiger partial charge in [0.05, 0.1) is 24.3 Å². The molecule has 80 valence electrons. The number of hydrogen-bond donors (Lipinski definition) is 2. The summed E-state index contributed by atoms with van der Waals surface area (Å²) in [6.45, 7) is 0.832. The van der Waals surface area contributed by atoms with Gasteiger partial charge >= 0.3 is 5.97 Å². The zero-order chi connectivity index (χ0) is 11.1. The molecule has 1 fully saturated rings. The summed E-state index contributed by atoms with van der Waals surface area (Å²) in [6, 6.07) is 4.55. The SMILES string of the molecule is NC1(c2ccc(C(=O)O)cc2Cl)COC1. The Bertz CT molecular complexity index is 415. The molecule has 0 unspecified atom stereocenters. The molecule has 4 nitrogen and oxygen atoms in total. The molecule has 1 aromatic rings. The summed E-state index contributed by atoms with van der Waals surface area (Å²) in [5.74, 6) is -1.00. The van der Waals surface area contributed by atoms with Gasteiger partial charge in [0.25, 0.3) is 0 Å². The average molecular weight is 228 g/mol. The number of carboxylic acid groups (broad SMARTS) is 1. The molecule has 5 heteroatoms. The summed E-state index contributed by atoms with van der Waals surface area (Å²) in [6.07, 6.45) is 0. The predicted octanol–water partition coefficient (Wildman–Crippen LogP) is 1.22. The normalized spacial score (nSPS) is 18.3. The first-order chi connectivity index (χ1) is 7.03. The second-order valence-corrected chi connectivity index (χ2v) is 4.06. The molecule has 0 amide bonds. The van der Waals surface area contributed by atoms with Crippen LogP contribution >= 0.6 is 11.6 Å².